The van der Waals surface area contributed by atoms with Crippen LogP contribution in [0.3, 0.4) is 0 Å². The smallest absolute Gasteiger partial charge is 0.229 e. The molecule has 2 heterocycles. The van der Waals surface area contributed by atoms with Gasteiger partial charge in [-0.15, -0.1) is 5.10 Å². The van der Waals surface area contributed by atoms with E-state index >= 15 is 0 Å². The van der Waals surface area contributed by atoms with E-state index in [4.69, 9.17) is 4.74 Å². The molecule has 2 aromatic carbocycles. The van der Waals surface area contributed by atoms with Gasteiger partial charge in [-0.05, 0) is 69.4 Å². The predicted molar refractivity (Wildman–Crippen MR) is 118 cm³/mol. The number of hydrogen-bond donors (Lipinski definition) is 1. The Bertz CT molecular complexity index is 1120. The third-order valence-electron chi connectivity index (χ3n) is 4.57. The van der Waals surface area contributed by atoms with E-state index in [2.05, 4.69) is 44.6 Å². The van der Waals surface area contributed by atoms with Crippen LogP contribution in [0.1, 0.15) is 12.0 Å². The van der Waals surface area contributed by atoms with Crippen LogP contribution in [0.2, 0.25) is 0 Å². The first-order valence-corrected chi connectivity index (χ1v) is 9.88. The molecule has 4 rings (SSSR count). The fourth-order valence-corrected chi connectivity index (χ4v) is 3.06. The van der Waals surface area contributed by atoms with Crippen molar-refractivity contribution in [3.8, 4) is 11.4 Å². The largest absolute Gasteiger partial charge is 0.494 e. The Hall–Kier alpha value is -3.52. The van der Waals surface area contributed by atoms with Crippen molar-refractivity contribution in [3.05, 3.63) is 60.3 Å². The molecule has 30 heavy (non-hydrogen) atoms. The fraction of sp³-hybridized carbons (Fsp3) is 0.273. The zero-order chi connectivity index (χ0) is 20.9. The molecule has 0 aliphatic rings. The number of aromatic nitrogens is 5. The summed E-state index contributed by atoms with van der Waals surface area (Å²) < 4.78 is 7.50. The second-order valence-corrected chi connectivity index (χ2v) is 7.40. The molecule has 0 fully saturated rings. The lowest BCUT2D eigenvalue weighted by molar-refractivity contribution is 0.281. The van der Waals surface area contributed by atoms with Gasteiger partial charge in [0.2, 0.25) is 5.95 Å². The summed E-state index contributed by atoms with van der Waals surface area (Å²) in [4.78, 5) is 11.1. The van der Waals surface area contributed by atoms with Crippen molar-refractivity contribution >= 4 is 22.8 Å². The predicted octanol–water partition coefficient (Wildman–Crippen LogP) is 3.59. The average molecular weight is 403 g/mol. The minimum atomic E-state index is 0.485. The fourth-order valence-electron chi connectivity index (χ4n) is 3.06. The van der Waals surface area contributed by atoms with Crippen LogP contribution in [0.5, 0.6) is 5.75 Å². The average Bonchev–Trinajstić information content (AvgIpc) is 3.15. The van der Waals surface area contributed by atoms with Crippen LogP contribution < -0.4 is 10.1 Å². The maximum atomic E-state index is 5.78. The van der Waals surface area contributed by atoms with Gasteiger partial charge in [0.1, 0.15) is 5.75 Å². The Morgan fingerprint density at radius 2 is 1.93 bits per heavy atom. The van der Waals surface area contributed by atoms with Crippen LogP contribution in [0.25, 0.3) is 16.9 Å². The van der Waals surface area contributed by atoms with Gasteiger partial charge in [-0.2, -0.15) is 9.67 Å². The Morgan fingerprint density at radius 1 is 1.10 bits per heavy atom. The molecule has 0 bridgehead atoms. The highest BCUT2D eigenvalue weighted by atomic mass is 16.5. The van der Waals surface area contributed by atoms with Gasteiger partial charge >= 0.3 is 0 Å². The summed E-state index contributed by atoms with van der Waals surface area (Å²) in [5.74, 6) is 1.33. The SMILES string of the molecule is Cc1cccc(-n2nnc3cnc(Nc4ccc(OCCCN(C)C)cc4)nc32)c1. The standard InChI is InChI=1S/C22H25N7O/c1-16-6-4-7-18(14-16)29-21-20(26-27-29)15-23-22(25-21)24-17-8-10-19(11-9-17)30-13-5-12-28(2)3/h4,6-11,14-15H,5,12-13H2,1-3H3,(H,23,24,25). The molecular weight excluding hydrogens is 378 g/mol. The first-order valence-electron chi connectivity index (χ1n) is 9.88. The molecule has 0 saturated carbocycles. The van der Waals surface area contributed by atoms with E-state index in [0.717, 1.165) is 35.7 Å². The summed E-state index contributed by atoms with van der Waals surface area (Å²) in [6.45, 7) is 3.74. The quantitative estimate of drug-likeness (QED) is 0.450. The number of fused-ring (bicyclic) bond motifs is 1. The maximum Gasteiger partial charge on any atom is 0.229 e. The molecule has 8 heteroatoms. The molecule has 2 aromatic heterocycles. The molecule has 1 N–H and O–H groups in total. The topological polar surface area (TPSA) is 81.0 Å². The molecule has 0 aliphatic heterocycles. The first kappa shape index (κ1) is 19.8. The third kappa shape index (κ3) is 4.72. The van der Waals surface area contributed by atoms with Crippen molar-refractivity contribution in [2.45, 2.75) is 13.3 Å². The van der Waals surface area contributed by atoms with Gasteiger partial charge in [0, 0.05) is 12.2 Å². The lowest BCUT2D eigenvalue weighted by atomic mass is 10.2. The number of nitrogens with one attached hydrogen (secondary N) is 1. The molecule has 0 aliphatic carbocycles. The van der Waals surface area contributed by atoms with Crippen molar-refractivity contribution in [1.82, 2.24) is 29.9 Å². The number of ether oxygens (including phenoxy) is 1. The van der Waals surface area contributed by atoms with Crippen LogP contribution in [0.15, 0.2) is 54.7 Å². The maximum absolute atomic E-state index is 5.78. The summed E-state index contributed by atoms with van der Waals surface area (Å²) >= 11 is 0. The van der Waals surface area contributed by atoms with Gasteiger partial charge in [0.25, 0.3) is 0 Å². The Morgan fingerprint density at radius 3 is 2.70 bits per heavy atom. The van der Waals surface area contributed by atoms with E-state index < -0.39 is 0 Å². The summed E-state index contributed by atoms with van der Waals surface area (Å²) in [5, 5.41) is 11.6. The van der Waals surface area contributed by atoms with E-state index in [1.54, 1.807) is 10.9 Å². The minimum absolute atomic E-state index is 0.485. The van der Waals surface area contributed by atoms with E-state index in [1.165, 1.54) is 0 Å². The summed E-state index contributed by atoms with van der Waals surface area (Å²) in [6.07, 6.45) is 2.66. The lowest BCUT2D eigenvalue weighted by Gasteiger charge is -2.11. The molecule has 0 radical (unpaired) electrons. The number of hydrogen-bond acceptors (Lipinski definition) is 7. The van der Waals surface area contributed by atoms with Gasteiger partial charge in [0.05, 0.1) is 18.5 Å². The van der Waals surface area contributed by atoms with Gasteiger partial charge in [-0.1, -0.05) is 17.3 Å². The zero-order valence-corrected chi connectivity index (χ0v) is 17.4. The van der Waals surface area contributed by atoms with Crippen molar-refractivity contribution < 1.29 is 4.74 Å². The van der Waals surface area contributed by atoms with E-state index in [1.807, 2.05) is 55.5 Å². The molecule has 154 valence electrons. The van der Waals surface area contributed by atoms with Crippen LogP contribution in [0.4, 0.5) is 11.6 Å². The van der Waals surface area contributed by atoms with Crippen LogP contribution in [-0.2, 0) is 0 Å². The second-order valence-electron chi connectivity index (χ2n) is 7.40. The Kier molecular flexibility index (Phi) is 5.85. The van der Waals surface area contributed by atoms with E-state index in [-0.39, 0.29) is 0 Å². The highest BCUT2D eigenvalue weighted by Crippen LogP contribution is 2.20. The van der Waals surface area contributed by atoms with Gasteiger partial charge in [0.15, 0.2) is 11.2 Å². The van der Waals surface area contributed by atoms with Gasteiger partial charge < -0.3 is 15.0 Å². The normalized spacial score (nSPS) is 11.2. The number of aryl methyl sites for hydroxylation is 1. The summed E-state index contributed by atoms with van der Waals surface area (Å²) in [5.41, 5.74) is 4.23. The highest BCUT2D eigenvalue weighted by molar-refractivity contribution is 5.72. The van der Waals surface area contributed by atoms with Crippen LogP contribution in [-0.4, -0.2) is 57.1 Å². The molecule has 0 unspecified atom stereocenters. The number of benzene rings is 2. The van der Waals surface area contributed by atoms with E-state index in [0.29, 0.717) is 23.7 Å². The second kappa shape index (κ2) is 8.87. The molecule has 0 atom stereocenters. The summed E-state index contributed by atoms with van der Waals surface area (Å²) in [7, 11) is 4.12. The molecule has 0 saturated heterocycles. The molecule has 0 spiro atoms. The Labute approximate surface area is 175 Å². The summed E-state index contributed by atoms with van der Waals surface area (Å²) in [6, 6.07) is 15.8. The molecule has 4 aromatic rings. The number of nitrogens with zero attached hydrogens (tertiary/aromatic N) is 6. The minimum Gasteiger partial charge on any atom is -0.494 e. The molecule has 8 nitrogen and oxygen atoms in total. The number of rotatable bonds is 8. The van der Waals surface area contributed by atoms with Crippen molar-refractivity contribution in [2.24, 2.45) is 0 Å². The zero-order valence-electron chi connectivity index (χ0n) is 17.4. The molecule has 0 amide bonds. The van der Waals surface area contributed by atoms with Crippen molar-refractivity contribution in [2.75, 3.05) is 32.6 Å². The van der Waals surface area contributed by atoms with Crippen LogP contribution >= 0.6 is 0 Å². The molecular formula is C22H25N7O. The van der Waals surface area contributed by atoms with Crippen molar-refractivity contribution in [3.63, 3.8) is 0 Å². The monoisotopic (exact) mass is 403 g/mol. The van der Waals surface area contributed by atoms with Crippen LogP contribution in [0, 0.1) is 6.92 Å². The van der Waals surface area contributed by atoms with Gasteiger partial charge in [-0.25, -0.2) is 4.98 Å². The van der Waals surface area contributed by atoms with Gasteiger partial charge in [-0.3, -0.25) is 0 Å². The van der Waals surface area contributed by atoms with Crippen molar-refractivity contribution in [1.29, 1.82) is 0 Å². The Balaban J connectivity index is 1.47. The third-order valence-corrected chi connectivity index (χ3v) is 4.57. The highest BCUT2D eigenvalue weighted by Gasteiger charge is 2.10. The van der Waals surface area contributed by atoms with E-state index in [9.17, 15) is 0 Å². The first-order chi connectivity index (χ1) is 14.6. The number of anilines is 2. The lowest BCUT2D eigenvalue weighted by Crippen LogP contribution is -2.15.